The van der Waals surface area contributed by atoms with E-state index in [2.05, 4.69) is 5.32 Å². The van der Waals surface area contributed by atoms with Crippen LogP contribution < -0.4 is 10.1 Å². The zero-order valence-corrected chi connectivity index (χ0v) is 12.5. The van der Waals surface area contributed by atoms with Gasteiger partial charge in [0.25, 0.3) is 0 Å². The minimum absolute atomic E-state index is 0.0450. The third-order valence-electron chi connectivity index (χ3n) is 3.31. The first-order valence-corrected chi connectivity index (χ1v) is 6.87. The summed E-state index contributed by atoms with van der Waals surface area (Å²) >= 11 is 0. The summed E-state index contributed by atoms with van der Waals surface area (Å²) in [6, 6.07) is 9.04. The maximum absolute atomic E-state index is 14.0. The van der Waals surface area contributed by atoms with Gasteiger partial charge >= 0.3 is 0 Å². The third kappa shape index (κ3) is 3.81. The summed E-state index contributed by atoms with van der Waals surface area (Å²) in [5, 5.41) is 2.49. The molecule has 22 heavy (non-hydrogen) atoms. The van der Waals surface area contributed by atoms with Gasteiger partial charge in [0, 0.05) is 12.6 Å². The zero-order valence-electron chi connectivity index (χ0n) is 12.5. The second kappa shape index (κ2) is 7.02. The zero-order chi connectivity index (χ0) is 16.1. The van der Waals surface area contributed by atoms with Crippen LogP contribution in [0.25, 0.3) is 0 Å². The number of carbonyl (C=O) groups is 1. The van der Waals surface area contributed by atoms with Crippen LogP contribution in [0.1, 0.15) is 16.7 Å². The van der Waals surface area contributed by atoms with E-state index >= 15 is 0 Å². The molecule has 0 unspecified atom stereocenters. The Morgan fingerprint density at radius 1 is 1.18 bits per heavy atom. The number of amides is 1. The predicted molar refractivity (Wildman–Crippen MR) is 79.6 cm³/mol. The van der Waals surface area contributed by atoms with Crippen LogP contribution in [0, 0.1) is 18.6 Å². The van der Waals surface area contributed by atoms with Crippen LogP contribution in [0.5, 0.6) is 5.75 Å². The minimum Gasteiger partial charge on any atom is -0.486 e. The first kappa shape index (κ1) is 15.9. The average Bonchev–Trinajstić information content (AvgIpc) is 2.48. The highest BCUT2D eigenvalue weighted by atomic mass is 19.1. The molecular weight excluding hydrogens is 288 g/mol. The average molecular weight is 305 g/mol. The third-order valence-corrected chi connectivity index (χ3v) is 3.31. The summed E-state index contributed by atoms with van der Waals surface area (Å²) < 4.78 is 33.1. The number of nitrogens with one attached hydrogen (secondary N) is 1. The number of rotatable bonds is 5. The number of carbonyl (C=O) groups excluding carboxylic acids is 1. The van der Waals surface area contributed by atoms with E-state index in [1.165, 1.54) is 31.3 Å². The molecule has 0 atom stereocenters. The number of aryl methyl sites for hydroxylation is 1. The van der Waals surface area contributed by atoms with Crippen LogP contribution in [0.15, 0.2) is 36.4 Å². The van der Waals surface area contributed by atoms with Gasteiger partial charge in [-0.05, 0) is 36.2 Å². The van der Waals surface area contributed by atoms with E-state index in [-0.39, 0.29) is 30.2 Å². The SMILES string of the molecule is CNC(=O)Cc1cccc(F)c1COc1ccc(C)cc1F. The van der Waals surface area contributed by atoms with E-state index in [1.54, 1.807) is 19.1 Å². The molecule has 0 saturated heterocycles. The van der Waals surface area contributed by atoms with Gasteiger partial charge in [-0.1, -0.05) is 18.2 Å². The van der Waals surface area contributed by atoms with Gasteiger partial charge in [0.1, 0.15) is 12.4 Å². The molecule has 5 heteroatoms. The monoisotopic (exact) mass is 305 g/mol. The Morgan fingerprint density at radius 3 is 2.64 bits per heavy atom. The second-order valence-electron chi connectivity index (χ2n) is 4.95. The lowest BCUT2D eigenvalue weighted by Crippen LogP contribution is -2.21. The fraction of sp³-hybridized carbons (Fsp3) is 0.235. The van der Waals surface area contributed by atoms with Crippen molar-refractivity contribution in [3.05, 3.63) is 64.7 Å². The van der Waals surface area contributed by atoms with Crippen molar-refractivity contribution >= 4 is 5.91 Å². The fourth-order valence-electron chi connectivity index (χ4n) is 2.06. The summed E-state index contributed by atoms with van der Waals surface area (Å²) in [7, 11) is 1.51. The largest absolute Gasteiger partial charge is 0.486 e. The Balaban J connectivity index is 2.19. The molecule has 1 N–H and O–H groups in total. The Morgan fingerprint density at radius 2 is 1.95 bits per heavy atom. The number of hydrogen-bond donors (Lipinski definition) is 1. The van der Waals surface area contributed by atoms with Crippen molar-refractivity contribution < 1.29 is 18.3 Å². The van der Waals surface area contributed by atoms with Gasteiger partial charge in [-0.15, -0.1) is 0 Å². The van der Waals surface area contributed by atoms with E-state index in [0.29, 0.717) is 5.56 Å². The van der Waals surface area contributed by atoms with Crippen LogP contribution in [0.3, 0.4) is 0 Å². The van der Waals surface area contributed by atoms with Gasteiger partial charge in [-0.2, -0.15) is 0 Å². The molecule has 2 aromatic carbocycles. The van der Waals surface area contributed by atoms with E-state index < -0.39 is 11.6 Å². The summed E-state index contributed by atoms with van der Waals surface area (Å²) in [5.41, 5.74) is 1.55. The highest BCUT2D eigenvalue weighted by Gasteiger charge is 2.13. The molecule has 0 heterocycles. The summed E-state index contributed by atoms with van der Waals surface area (Å²) in [6.07, 6.45) is 0.0450. The van der Waals surface area contributed by atoms with Gasteiger partial charge in [-0.25, -0.2) is 8.78 Å². The van der Waals surface area contributed by atoms with Gasteiger partial charge < -0.3 is 10.1 Å². The quantitative estimate of drug-likeness (QED) is 0.921. The number of benzene rings is 2. The Hall–Kier alpha value is -2.43. The molecule has 0 saturated carbocycles. The molecule has 0 aromatic heterocycles. The molecule has 0 aliphatic carbocycles. The molecular formula is C17H17F2NO2. The van der Waals surface area contributed by atoms with E-state index in [9.17, 15) is 13.6 Å². The number of likely N-dealkylation sites (N-methyl/N-ethyl adjacent to an activating group) is 1. The van der Waals surface area contributed by atoms with Crippen LogP contribution in [-0.2, 0) is 17.8 Å². The molecule has 116 valence electrons. The van der Waals surface area contributed by atoms with Crippen LogP contribution in [0.4, 0.5) is 8.78 Å². The summed E-state index contributed by atoms with van der Waals surface area (Å²) in [5.74, 6) is -1.15. The normalized spacial score (nSPS) is 10.4. The van der Waals surface area contributed by atoms with Gasteiger partial charge in [-0.3, -0.25) is 4.79 Å². The molecule has 0 aliphatic rings. The van der Waals surface area contributed by atoms with Crippen molar-refractivity contribution in [1.29, 1.82) is 0 Å². The highest BCUT2D eigenvalue weighted by Crippen LogP contribution is 2.21. The Labute approximate surface area is 127 Å². The number of hydrogen-bond acceptors (Lipinski definition) is 2. The molecule has 0 spiro atoms. The van der Waals surface area contributed by atoms with Gasteiger partial charge in [0.05, 0.1) is 6.42 Å². The van der Waals surface area contributed by atoms with Crippen LogP contribution in [-0.4, -0.2) is 13.0 Å². The molecule has 3 nitrogen and oxygen atoms in total. The van der Waals surface area contributed by atoms with Crippen molar-refractivity contribution in [2.75, 3.05) is 7.05 Å². The highest BCUT2D eigenvalue weighted by molar-refractivity contribution is 5.78. The van der Waals surface area contributed by atoms with E-state index in [0.717, 1.165) is 5.56 Å². The lowest BCUT2D eigenvalue weighted by molar-refractivity contribution is -0.119. The molecule has 2 aromatic rings. The minimum atomic E-state index is -0.496. The molecule has 2 rings (SSSR count). The first-order valence-electron chi connectivity index (χ1n) is 6.87. The van der Waals surface area contributed by atoms with Crippen molar-refractivity contribution in [2.45, 2.75) is 20.0 Å². The summed E-state index contributed by atoms with van der Waals surface area (Å²) in [4.78, 5) is 11.5. The van der Waals surface area contributed by atoms with Crippen molar-refractivity contribution in [1.82, 2.24) is 5.32 Å². The molecule has 0 fully saturated rings. The fourth-order valence-corrected chi connectivity index (χ4v) is 2.06. The van der Waals surface area contributed by atoms with Crippen molar-refractivity contribution in [3.8, 4) is 5.75 Å². The van der Waals surface area contributed by atoms with Gasteiger partial charge in [0.2, 0.25) is 5.91 Å². The predicted octanol–water partition coefficient (Wildman–Crippen LogP) is 3.14. The van der Waals surface area contributed by atoms with E-state index in [4.69, 9.17) is 4.74 Å². The Bertz CT molecular complexity index is 686. The maximum Gasteiger partial charge on any atom is 0.224 e. The molecule has 1 amide bonds. The van der Waals surface area contributed by atoms with E-state index in [1.807, 2.05) is 0 Å². The topological polar surface area (TPSA) is 38.3 Å². The maximum atomic E-state index is 14.0. The lowest BCUT2D eigenvalue weighted by Gasteiger charge is -2.12. The first-order chi connectivity index (χ1) is 10.5. The van der Waals surface area contributed by atoms with Gasteiger partial charge in [0.15, 0.2) is 11.6 Å². The Kier molecular flexibility index (Phi) is 5.09. The summed E-state index contributed by atoms with van der Waals surface area (Å²) in [6.45, 7) is 1.63. The number of halogens is 2. The molecule has 0 bridgehead atoms. The second-order valence-corrected chi connectivity index (χ2v) is 4.95. The van der Waals surface area contributed by atoms with Crippen LogP contribution >= 0.6 is 0 Å². The standard InChI is InChI=1S/C17H17F2NO2/c1-11-6-7-16(15(19)8-11)22-10-13-12(9-17(21)20-2)4-3-5-14(13)18/h3-8H,9-10H2,1-2H3,(H,20,21). The van der Waals surface area contributed by atoms with Crippen molar-refractivity contribution in [3.63, 3.8) is 0 Å². The van der Waals surface area contributed by atoms with Crippen molar-refractivity contribution in [2.24, 2.45) is 0 Å². The number of ether oxygens (including phenoxy) is 1. The molecule has 0 aliphatic heterocycles. The smallest absolute Gasteiger partial charge is 0.224 e. The molecule has 0 radical (unpaired) electrons. The lowest BCUT2D eigenvalue weighted by atomic mass is 10.0. The van der Waals surface area contributed by atoms with Crippen LogP contribution in [0.2, 0.25) is 0 Å².